The van der Waals surface area contributed by atoms with Crippen molar-refractivity contribution in [2.24, 2.45) is 0 Å². The number of imidazole rings is 1. The van der Waals surface area contributed by atoms with Crippen molar-refractivity contribution in [2.45, 2.75) is 39.3 Å². The average Bonchev–Trinajstić information content (AvgIpc) is 2.95. The molecule has 0 spiro atoms. The fraction of sp³-hybridized carbons (Fsp3) is 0.579. The van der Waals surface area contributed by atoms with Crippen LogP contribution in [0.15, 0.2) is 24.4 Å². The lowest BCUT2D eigenvalue weighted by atomic mass is 10.1. The molecule has 0 aliphatic carbocycles. The fourth-order valence-electron chi connectivity index (χ4n) is 3.39. The van der Waals surface area contributed by atoms with Gasteiger partial charge in [0.2, 0.25) is 5.91 Å². The van der Waals surface area contributed by atoms with E-state index in [2.05, 4.69) is 21.2 Å². The van der Waals surface area contributed by atoms with Gasteiger partial charge in [0.05, 0.1) is 31.1 Å². The van der Waals surface area contributed by atoms with E-state index in [1.807, 2.05) is 43.3 Å². The van der Waals surface area contributed by atoms with Crippen LogP contribution in [0.25, 0.3) is 5.65 Å². The molecule has 1 aliphatic rings. The van der Waals surface area contributed by atoms with E-state index in [0.717, 1.165) is 49.8 Å². The second kappa shape index (κ2) is 7.97. The summed E-state index contributed by atoms with van der Waals surface area (Å²) in [4.78, 5) is 21.3. The predicted molar refractivity (Wildman–Crippen MR) is 97.5 cm³/mol. The Bertz CT molecular complexity index is 721. The highest BCUT2D eigenvalue weighted by Crippen LogP contribution is 2.15. The minimum Gasteiger partial charge on any atom is -0.379 e. The Morgan fingerprint density at radius 1 is 1.36 bits per heavy atom. The molecule has 25 heavy (non-hydrogen) atoms. The predicted octanol–water partition coefficient (Wildman–Crippen LogP) is 2.10. The Balaban J connectivity index is 1.56. The van der Waals surface area contributed by atoms with E-state index < -0.39 is 0 Å². The summed E-state index contributed by atoms with van der Waals surface area (Å²) in [5.74, 6) is 0.186. The summed E-state index contributed by atoms with van der Waals surface area (Å²) in [5, 5.41) is 0. The van der Waals surface area contributed by atoms with Gasteiger partial charge in [-0.3, -0.25) is 9.69 Å². The molecule has 0 saturated carbocycles. The number of hydrogen-bond donors (Lipinski definition) is 0. The number of fused-ring (bicyclic) bond motifs is 1. The molecular formula is C19H28N4O2. The number of rotatable bonds is 6. The molecule has 1 fully saturated rings. The van der Waals surface area contributed by atoms with Gasteiger partial charge in [0.25, 0.3) is 0 Å². The highest BCUT2D eigenvalue weighted by molar-refractivity contribution is 5.75. The first kappa shape index (κ1) is 17.9. The van der Waals surface area contributed by atoms with Crippen molar-refractivity contribution < 1.29 is 9.53 Å². The van der Waals surface area contributed by atoms with Crippen molar-refractivity contribution in [3.05, 3.63) is 35.8 Å². The van der Waals surface area contributed by atoms with Gasteiger partial charge in [0.15, 0.2) is 0 Å². The number of carbonyl (C=O) groups is 1. The van der Waals surface area contributed by atoms with E-state index in [0.29, 0.717) is 19.0 Å². The van der Waals surface area contributed by atoms with Gasteiger partial charge >= 0.3 is 0 Å². The zero-order valence-corrected chi connectivity index (χ0v) is 15.4. The zero-order chi connectivity index (χ0) is 17.8. The van der Waals surface area contributed by atoms with E-state index >= 15 is 0 Å². The maximum Gasteiger partial charge on any atom is 0.222 e. The van der Waals surface area contributed by atoms with E-state index in [-0.39, 0.29) is 5.91 Å². The summed E-state index contributed by atoms with van der Waals surface area (Å²) in [6.07, 6.45) is 3.46. The van der Waals surface area contributed by atoms with E-state index in [1.54, 1.807) is 0 Å². The summed E-state index contributed by atoms with van der Waals surface area (Å²) in [6.45, 7) is 8.31. The van der Waals surface area contributed by atoms with Crippen molar-refractivity contribution in [3.8, 4) is 0 Å². The number of hydrogen-bond acceptors (Lipinski definition) is 4. The third-order valence-electron chi connectivity index (χ3n) is 5.09. The molecule has 1 atom stereocenters. The van der Waals surface area contributed by atoms with E-state index in [4.69, 9.17) is 4.74 Å². The van der Waals surface area contributed by atoms with Crippen LogP contribution in [0.3, 0.4) is 0 Å². The molecule has 6 heteroatoms. The molecule has 1 aliphatic heterocycles. The van der Waals surface area contributed by atoms with Gasteiger partial charge < -0.3 is 14.0 Å². The average molecular weight is 344 g/mol. The molecule has 0 radical (unpaired) electrons. The highest BCUT2D eigenvalue weighted by Gasteiger charge is 2.20. The van der Waals surface area contributed by atoms with Gasteiger partial charge in [-0.1, -0.05) is 6.07 Å². The maximum absolute atomic E-state index is 12.6. The molecule has 0 bridgehead atoms. The third-order valence-corrected chi connectivity index (χ3v) is 5.09. The van der Waals surface area contributed by atoms with Gasteiger partial charge in [-0.2, -0.15) is 0 Å². The number of pyridine rings is 1. The smallest absolute Gasteiger partial charge is 0.222 e. The monoisotopic (exact) mass is 344 g/mol. The molecule has 136 valence electrons. The quantitative estimate of drug-likeness (QED) is 0.805. The fourth-order valence-corrected chi connectivity index (χ4v) is 3.39. The van der Waals surface area contributed by atoms with Gasteiger partial charge in [-0.25, -0.2) is 4.98 Å². The molecule has 0 aromatic carbocycles. The molecule has 0 unspecified atom stereocenters. The minimum absolute atomic E-state index is 0.186. The number of carbonyl (C=O) groups excluding carboxylic acids is 1. The van der Waals surface area contributed by atoms with E-state index in [1.165, 1.54) is 0 Å². The maximum atomic E-state index is 12.6. The van der Waals surface area contributed by atoms with Crippen molar-refractivity contribution in [1.29, 1.82) is 0 Å². The molecule has 6 nitrogen and oxygen atoms in total. The molecule has 1 amide bonds. The molecule has 2 aromatic rings. The van der Waals surface area contributed by atoms with Crippen LogP contribution < -0.4 is 0 Å². The highest BCUT2D eigenvalue weighted by atomic mass is 16.5. The molecule has 1 saturated heterocycles. The van der Waals surface area contributed by atoms with Gasteiger partial charge in [-0.05, 0) is 32.4 Å². The lowest BCUT2D eigenvalue weighted by Gasteiger charge is -2.32. The summed E-state index contributed by atoms with van der Waals surface area (Å²) < 4.78 is 7.46. The first-order valence-electron chi connectivity index (χ1n) is 9.04. The molecule has 2 aromatic heterocycles. The molecular weight excluding hydrogens is 316 g/mol. The Labute approximate surface area is 149 Å². The molecule has 0 N–H and O–H groups in total. The Morgan fingerprint density at radius 2 is 2.12 bits per heavy atom. The second-order valence-corrected chi connectivity index (χ2v) is 6.86. The number of aromatic nitrogens is 2. The summed E-state index contributed by atoms with van der Waals surface area (Å²) in [6, 6.07) is 6.37. The van der Waals surface area contributed by atoms with Crippen LogP contribution in [0.4, 0.5) is 0 Å². The first-order valence-corrected chi connectivity index (χ1v) is 9.04. The lowest BCUT2D eigenvalue weighted by Crippen LogP contribution is -2.42. The number of morpholine rings is 1. The lowest BCUT2D eigenvalue weighted by molar-refractivity contribution is -0.130. The normalized spacial score (nSPS) is 16.9. The van der Waals surface area contributed by atoms with Crippen LogP contribution in [0.1, 0.15) is 31.2 Å². The molecule has 3 heterocycles. The number of nitrogens with zero attached hydrogens (tertiary/aromatic N) is 4. The van der Waals surface area contributed by atoms with E-state index in [9.17, 15) is 4.79 Å². The number of amides is 1. The SMILES string of the molecule is Cc1nc2ccccn2c1CN(C)C(=O)CC[C@@H](C)N1CCOCC1. The zero-order valence-electron chi connectivity index (χ0n) is 15.4. The van der Waals surface area contributed by atoms with Gasteiger partial charge in [-0.15, -0.1) is 0 Å². The summed E-state index contributed by atoms with van der Waals surface area (Å²) in [7, 11) is 1.88. The van der Waals surface area contributed by atoms with Crippen molar-refractivity contribution in [1.82, 2.24) is 19.2 Å². The first-order chi connectivity index (χ1) is 12.1. The summed E-state index contributed by atoms with van der Waals surface area (Å²) >= 11 is 0. The van der Waals surface area contributed by atoms with Crippen molar-refractivity contribution >= 4 is 11.6 Å². The van der Waals surface area contributed by atoms with Crippen LogP contribution in [-0.2, 0) is 16.1 Å². The number of aryl methyl sites for hydroxylation is 1. The van der Waals surface area contributed by atoms with Gasteiger partial charge in [0, 0.05) is 38.8 Å². The van der Waals surface area contributed by atoms with Crippen LogP contribution >= 0.6 is 0 Å². The second-order valence-electron chi connectivity index (χ2n) is 6.86. The standard InChI is InChI=1S/C19H28N4O2/c1-15(22-10-12-25-13-11-22)7-8-19(24)21(3)14-17-16(2)20-18-6-4-5-9-23(17)18/h4-6,9,15H,7-8,10-14H2,1-3H3/t15-/m1/s1. The largest absolute Gasteiger partial charge is 0.379 e. The Kier molecular flexibility index (Phi) is 5.71. The summed E-state index contributed by atoms with van der Waals surface area (Å²) in [5.41, 5.74) is 2.98. The van der Waals surface area contributed by atoms with Crippen molar-refractivity contribution in [3.63, 3.8) is 0 Å². The van der Waals surface area contributed by atoms with Crippen molar-refractivity contribution in [2.75, 3.05) is 33.4 Å². The Morgan fingerprint density at radius 3 is 2.88 bits per heavy atom. The van der Waals surface area contributed by atoms with Crippen LogP contribution in [0, 0.1) is 6.92 Å². The van der Waals surface area contributed by atoms with Crippen LogP contribution in [-0.4, -0.2) is 64.5 Å². The van der Waals surface area contributed by atoms with Gasteiger partial charge in [0.1, 0.15) is 5.65 Å². The van der Waals surface area contributed by atoms with Crippen LogP contribution in [0.5, 0.6) is 0 Å². The molecule has 3 rings (SSSR count). The van der Waals surface area contributed by atoms with Crippen LogP contribution in [0.2, 0.25) is 0 Å². The Hall–Kier alpha value is -1.92. The topological polar surface area (TPSA) is 50.1 Å². The number of ether oxygens (including phenoxy) is 1. The minimum atomic E-state index is 0.186. The third kappa shape index (κ3) is 4.19.